The summed E-state index contributed by atoms with van der Waals surface area (Å²) >= 11 is 0. The summed E-state index contributed by atoms with van der Waals surface area (Å²) in [6, 6.07) is 3.24. The summed E-state index contributed by atoms with van der Waals surface area (Å²) in [5, 5.41) is 7.62. The first-order chi connectivity index (χ1) is 8.27. The maximum atomic E-state index is 13.6. The number of nitrogens with zero attached hydrogens (tertiary/aromatic N) is 5. The summed E-state index contributed by atoms with van der Waals surface area (Å²) in [6.45, 7) is 0. The van der Waals surface area contributed by atoms with Crippen LogP contribution in [-0.2, 0) is 0 Å². The van der Waals surface area contributed by atoms with Gasteiger partial charge in [-0.1, -0.05) is 0 Å². The Morgan fingerprint density at radius 2 is 2.12 bits per heavy atom. The van der Waals surface area contributed by atoms with Gasteiger partial charge in [-0.2, -0.15) is 4.39 Å². The highest BCUT2D eigenvalue weighted by Crippen LogP contribution is 2.24. The number of halogens is 1. The fourth-order valence-electron chi connectivity index (χ4n) is 1.61. The van der Waals surface area contributed by atoms with Gasteiger partial charge in [-0.15, -0.1) is 10.2 Å². The molecule has 3 aromatic heterocycles. The first-order valence-electron chi connectivity index (χ1n) is 4.82. The SMILES string of the molecule is Nc1ncc(-c2cccnc2F)c2nncn12. The lowest BCUT2D eigenvalue weighted by Gasteiger charge is -2.04. The molecule has 0 aliphatic carbocycles. The van der Waals surface area contributed by atoms with Gasteiger partial charge in [0.15, 0.2) is 5.65 Å². The fraction of sp³-hybridized carbons (Fsp3) is 0. The first-order valence-corrected chi connectivity index (χ1v) is 4.82. The molecule has 0 aromatic carbocycles. The van der Waals surface area contributed by atoms with Crippen LogP contribution in [0.4, 0.5) is 10.3 Å². The molecule has 6 nitrogen and oxygen atoms in total. The molecule has 3 rings (SSSR count). The number of nitrogens with two attached hydrogens (primary N) is 1. The molecular weight excluding hydrogens is 223 g/mol. The van der Waals surface area contributed by atoms with E-state index in [-0.39, 0.29) is 5.95 Å². The van der Waals surface area contributed by atoms with Crippen molar-refractivity contribution in [3.05, 3.63) is 36.8 Å². The molecule has 0 unspecified atom stereocenters. The summed E-state index contributed by atoms with van der Waals surface area (Å²) in [6.07, 6.45) is 4.26. The average Bonchev–Trinajstić information content (AvgIpc) is 2.81. The van der Waals surface area contributed by atoms with Gasteiger partial charge in [0.05, 0.1) is 5.56 Å². The molecule has 7 heteroatoms. The Hall–Kier alpha value is -2.57. The Morgan fingerprint density at radius 3 is 2.94 bits per heavy atom. The Bertz CT molecular complexity index is 692. The number of anilines is 1. The monoisotopic (exact) mass is 230 g/mol. The zero-order valence-corrected chi connectivity index (χ0v) is 8.58. The van der Waals surface area contributed by atoms with Crippen molar-refractivity contribution in [2.45, 2.75) is 0 Å². The van der Waals surface area contributed by atoms with Gasteiger partial charge in [0.2, 0.25) is 11.9 Å². The fourth-order valence-corrected chi connectivity index (χ4v) is 1.61. The van der Waals surface area contributed by atoms with E-state index < -0.39 is 5.95 Å². The van der Waals surface area contributed by atoms with Gasteiger partial charge in [-0.25, -0.2) is 9.97 Å². The van der Waals surface area contributed by atoms with Crippen LogP contribution >= 0.6 is 0 Å². The van der Waals surface area contributed by atoms with Crippen molar-refractivity contribution in [2.24, 2.45) is 0 Å². The molecular formula is C10H7FN6. The second-order valence-corrected chi connectivity index (χ2v) is 3.40. The van der Waals surface area contributed by atoms with E-state index in [4.69, 9.17) is 5.73 Å². The molecule has 0 aliphatic rings. The molecule has 84 valence electrons. The van der Waals surface area contributed by atoms with E-state index in [0.717, 1.165) is 0 Å². The molecule has 0 radical (unpaired) electrons. The lowest BCUT2D eigenvalue weighted by atomic mass is 10.1. The number of hydrogen-bond donors (Lipinski definition) is 1. The lowest BCUT2D eigenvalue weighted by molar-refractivity contribution is 0.587. The van der Waals surface area contributed by atoms with Crippen LogP contribution in [0.3, 0.4) is 0 Å². The van der Waals surface area contributed by atoms with E-state index in [1.54, 1.807) is 12.1 Å². The van der Waals surface area contributed by atoms with Crippen LogP contribution in [0.5, 0.6) is 0 Å². The normalized spacial score (nSPS) is 10.9. The average molecular weight is 230 g/mol. The summed E-state index contributed by atoms with van der Waals surface area (Å²) in [4.78, 5) is 7.55. The Morgan fingerprint density at radius 1 is 1.24 bits per heavy atom. The minimum Gasteiger partial charge on any atom is -0.369 e. The maximum Gasteiger partial charge on any atom is 0.220 e. The van der Waals surface area contributed by atoms with E-state index >= 15 is 0 Å². The smallest absolute Gasteiger partial charge is 0.220 e. The third-order valence-electron chi connectivity index (χ3n) is 2.41. The van der Waals surface area contributed by atoms with Gasteiger partial charge in [-0.05, 0) is 12.1 Å². The number of nitrogen functional groups attached to an aromatic ring is 1. The Balaban J connectivity index is 2.35. The number of fused-ring (bicyclic) bond motifs is 1. The van der Waals surface area contributed by atoms with Crippen LogP contribution in [0.1, 0.15) is 0 Å². The third kappa shape index (κ3) is 1.40. The topological polar surface area (TPSA) is 82.0 Å². The van der Waals surface area contributed by atoms with E-state index in [9.17, 15) is 4.39 Å². The predicted octanol–water partition coefficient (Wildman–Crippen LogP) is 0.908. The molecule has 0 atom stereocenters. The molecule has 3 aromatic rings. The predicted molar refractivity (Wildman–Crippen MR) is 58.4 cm³/mol. The summed E-state index contributed by atoms with van der Waals surface area (Å²) in [5.41, 5.74) is 6.92. The summed E-state index contributed by atoms with van der Waals surface area (Å²) in [5.74, 6) is -0.331. The number of aromatic nitrogens is 5. The van der Waals surface area contributed by atoms with Crippen LogP contribution < -0.4 is 5.73 Å². The summed E-state index contributed by atoms with van der Waals surface area (Å²) in [7, 11) is 0. The molecule has 0 amide bonds. The van der Waals surface area contributed by atoms with Gasteiger partial charge >= 0.3 is 0 Å². The molecule has 3 heterocycles. The highest BCUT2D eigenvalue weighted by Gasteiger charge is 2.13. The minimum atomic E-state index is -0.580. The number of hydrogen-bond acceptors (Lipinski definition) is 5. The van der Waals surface area contributed by atoms with E-state index in [0.29, 0.717) is 16.8 Å². The zero-order chi connectivity index (χ0) is 11.8. The Kier molecular flexibility index (Phi) is 1.97. The second kappa shape index (κ2) is 3.48. The van der Waals surface area contributed by atoms with Crippen molar-refractivity contribution in [1.29, 1.82) is 0 Å². The maximum absolute atomic E-state index is 13.6. The molecule has 0 fully saturated rings. The van der Waals surface area contributed by atoms with Crippen LogP contribution in [-0.4, -0.2) is 24.6 Å². The van der Waals surface area contributed by atoms with Gasteiger partial charge in [-0.3, -0.25) is 4.40 Å². The number of rotatable bonds is 1. The molecule has 0 bridgehead atoms. The van der Waals surface area contributed by atoms with E-state index in [1.807, 2.05) is 0 Å². The third-order valence-corrected chi connectivity index (χ3v) is 2.41. The minimum absolute atomic E-state index is 0.248. The van der Waals surface area contributed by atoms with Crippen molar-refractivity contribution in [3.63, 3.8) is 0 Å². The molecule has 0 saturated carbocycles. The van der Waals surface area contributed by atoms with Crippen LogP contribution in [0, 0.1) is 5.95 Å². The van der Waals surface area contributed by atoms with Crippen molar-refractivity contribution in [1.82, 2.24) is 24.6 Å². The first kappa shape index (κ1) is 9.64. The van der Waals surface area contributed by atoms with Crippen molar-refractivity contribution < 1.29 is 4.39 Å². The lowest BCUT2D eigenvalue weighted by Crippen LogP contribution is -2.01. The van der Waals surface area contributed by atoms with E-state index in [2.05, 4.69) is 20.2 Å². The summed E-state index contributed by atoms with van der Waals surface area (Å²) < 4.78 is 15.1. The quantitative estimate of drug-likeness (QED) is 0.628. The van der Waals surface area contributed by atoms with Gasteiger partial charge in [0, 0.05) is 18.0 Å². The molecule has 17 heavy (non-hydrogen) atoms. The van der Waals surface area contributed by atoms with Crippen molar-refractivity contribution in [2.75, 3.05) is 5.73 Å². The highest BCUT2D eigenvalue weighted by molar-refractivity contribution is 5.77. The van der Waals surface area contributed by atoms with Crippen molar-refractivity contribution >= 4 is 11.6 Å². The number of pyridine rings is 1. The molecule has 0 saturated heterocycles. The molecule has 2 N–H and O–H groups in total. The highest BCUT2D eigenvalue weighted by atomic mass is 19.1. The molecule has 0 aliphatic heterocycles. The van der Waals surface area contributed by atoms with Gasteiger partial charge in [0.25, 0.3) is 0 Å². The standard InChI is InChI=1S/C10H7FN6/c11-8-6(2-1-3-13-8)7-4-14-10(12)17-5-15-16-9(7)17/h1-5H,(H2,12,14). The van der Waals surface area contributed by atoms with Crippen LogP contribution in [0.2, 0.25) is 0 Å². The Labute approximate surface area is 95.0 Å². The largest absolute Gasteiger partial charge is 0.369 e. The van der Waals surface area contributed by atoms with E-state index in [1.165, 1.54) is 23.1 Å². The molecule has 0 spiro atoms. The van der Waals surface area contributed by atoms with Crippen molar-refractivity contribution in [3.8, 4) is 11.1 Å². The van der Waals surface area contributed by atoms with Crippen LogP contribution in [0.15, 0.2) is 30.9 Å². The van der Waals surface area contributed by atoms with Gasteiger partial charge < -0.3 is 5.73 Å². The zero-order valence-electron chi connectivity index (χ0n) is 8.58. The second-order valence-electron chi connectivity index (χ2n) is 3.40. The van der Waals surface area contributed by atoms with Gasteiger partial charge in [0.1, 0.15) is 6.33 Å². The van der Waals surface area contributed by atoms with Crippen LogP contribution in [0.25, 0.3) is 16.8 Å².